The van der Waals surface area contributed by atoms with Crippen LogP contribution in [0.1, 0.15) is 245 Å². The van der Waals surface area contributed by atoms with E-state index in [4.69, 9.17) is 4.74 Å². The van der Waals surface area contributed by atoms with E-state index in [9.17, 15) is 19.8 Å². The van der Waals surface area contributed by atoms with Crippen LogP contribution in [0, 0.1) is 0 Å². The lowest BCUT2D eigenvalue weighted by molar-refractivity contribution is -0.151. The fourth-order valence-electron chi connectivity index (χ4n) is 7.54. The number of hydrogen-bond donors (Lipinski definition) is 3. The highest BCUT2D eigenvalue weighted by atomic mass is 16.5. The van der Waals surface area contributed by atoms with E-state index in [2.05, 4.69) is 86.8 Å². The molecule has 0 radical (unpaired) electrons. The fourth-order valence-corrected chi connectivity index (χ4v) is 7.54. The molecule has 6 nitrogen and oxygen atoms in total. The Hall–Kier alpha value is -2.44. The van der Waals surface area contributed by atoms with E-state index >= 15 is 0 Å². The Labute approximate surface area is 371 Å². The number of esters is 1. The van der Waals surface area contributed by atoms with Gasteiger partial charge in [0.2, 0.25) is 5.91 Å². The summed E-state index contributed by atoms with van der Waals surface area (Å²) in [7, 11) is 0. The summed E-state index contributed by atoms with van der Waals surface area (Å²) in [4.78, 5) is 26.1. The molecule has 0 aromatic heterocycles. The Morgan fingerprint density at radius 2 is 0.917 bits per heavy atom. The van der Waals surface area contributed by atoms with Gasteiger partial charge in [0.25, 0.3) is 0 Å². The third-order valence-corrected chi connectivity index (χ3v) is 11.4. The molecule has 0 aromatic rings. The molecule has 0 bridgehead atoms. The molecule has 6 heteroatoms. The van der Waals surface area contributed by atoms with Gasteiger partial charge in [0, 0.05) is 6.42 Å². The Bertz CT molecular complexity index is 1080. The maximum Gasteiger partial charge on any atom is 0.306 e. The van der Waals surface area contributed by atoms with Crippen molar-refractivity contribution in [2.75, 3.05) is 6.61 Å². The number of hydrogen-bond acceptors (Lipinski definition) is 5. The maximum absolute atomic E-state index is 13.2. The van der Waals surface area contributed by atoms with Gasteiger partial charge < -0.3 is 20.3 Å². The van der Waals surface area contributed by atoms with Crippen LogP contribution in [0.3, 0.4) is 0 Å². The van der Waals surface area contributed by atoms with Gasteiger partial charge in [0.15, 0.2) is 0 Å². The van der Waals surface area contributed by atoms with E-state index < -0.39 is 18.2 Å². The first-order chi connectivity index (χ1) is 29.5. The number of rotatable bonds is 45. The molecule has 0 saturated carbocycles. The van der Waals surface area contributed by atoms with Gasteiger partial charge in [-0.15, -0.1) is 0 Å². The van der Waals surface area contributed by atoms with E-state index in [0.717, 1.165) is 83.5 Å². The molecule has 0 spiro atoms. The molecule has 0 saturated heterocycles. The van der Waals surface area contributed by atoms with Crippen molar-refractivity contribution in [3.05, 3.63) is 60.8 Å². The minimum Gasteiger partial charge on any atom is -0.462 e. The van der Waals surface area contributed by atoms with Crippen LogP contribution in [0.15, 0.2) is 60.8 Å². The zero-order chi connectivity index (χ0) is 43.8. The van der Waals surface area contributed by atoms with Crippen LogP contribution >= 0.6 is 0 Å². The second-order valence-electron chi connectivity index (χ2n) is 17.3. The first-order valence-electron chi connectivity index (χ1n) is 25.6. The van der Waals surface area contributed by atoms with Crippen LogP contribution in [0.2, 0.25) is 0 Å². The summed E-state index contributed by atoms with van der Waals surface area (Å²) in [5, 5.41) is 23.7. The summed E-state index contributed by atoms with van der Waals surface area (Å²) in [6.07, 6.45) is 58.5. The molecule has 0 rings (SSSR count). The predicted molar refractivity (Wildman–Crippen MR) is 259 cm³/mol. The number of allylic oxidation sites excluding steroid dienone is 10. The first-order valence-corrected chi connectivity index (χ1v) is 25.6. The van der Waals surface area contributed by atoms with Crippen molar-refractivity contribution in [1.29, 1.82) is 0 Å². The predicted octanol–water partition coefficient (Wildman–Crippen LogP) is 15.2. The minimum absolute atomic E-state index is 0.0352. The average Bonchev–Trinajstić information content (AvgIpc) is 3.24. The molecule has 60 heavy (non-hydrogen) atoms. The third-order valence-electron chi connectivity index (χ3n) is 11.4. The summed E-state index contributed by atoms with van der Waals surface area (Å²) in [5.74, 6) is -0.544. The number of ether oxygens (including phenoxy) is 1. The number of amides is 1. The molecule has 1 amide bonds. The van der Waals surface area contributed by atoms with E-state index in [1.165, 1.54) is 116 Å². The van der Waals surface area contributed by atoms with Crippen LogP contribution in [-0.2, 0) is 14.3 Å². The van der Waals surface area contributed by atoms with Crippen molar-refractivity contribution >= 4 is 11.9 Å². The van der Waals surface area contributed by atoms with E-state index in [0.29, 0.717) is 19.3 Å². The monoisotopic (exact) mass is 840 g/mol. The Balaban J connectivity index is 4.66. The number of aliphatic hydroxyl groups excluding tert-OH is 2. The van der Waals surface area contributed by atoms with Crippen LogP contribution in [0.25, 0.3) is 0 Å². The number of carbonyl (C=O) groups is 2. The van der Waals surface area contributed by atoms with Gasteiger partial charge in [-0.25, -0.2) is 0 Å². The summed E-state index contributed by atoms with van der Waals surface area (Å²) < 4.78 is 5.89. The number of nitrogens with one attached hydrogen (secondary N) is 1. The van der Waals surface area contributed by atoms with Gasteiger partial charge >= 0.3 is 5.97 Å². The normalized spacial score (nSPS) is 13.8. The number of aliphatic hydroxyl groups is 2. The van der Waals surface area contributed by atoms with Crippen LogP contribution in [-0.4, -0.2) is 46.9 Å². The molecule has 3 atom stereocenters. The second kappa shape index (κ2) is 47.6. The smallest absolute Gasteiger partial charge is 0.306 e. The summed E-state index contributed by atoms with van der Waals surface area (Å²) in [6, 6.07) is -0.721. The molecule has 0 fully saturated rings. The highest BCUT2D eigenvalue weighted by Gasteiger charge is 2.24. The maximum atomic E-state index is 13.2. The van der Waals surface area contributed by atoms with Crippen molar-refractivity contribution in [3.8, 4) is 0 Å². The quantitative estimate of drug-likeness (QED) is 0.0322. The zero-order valence-corrected chi connectivity index (χ0v) is 39.6. The molecule has 0 heterocycles. The van der Waals surface area contributed by atoms with Gasteiger partial charge in [-0.2, -0.15) is 0 Å². The standard InChI is InChI=1S/C54H97NO5/c1-4-7-10-13-16-19-22-25-28-30-33-36-39-42-45-50(60-54(59)47-44-41-38-35-32-27-24-21-18-15-12-9-6-3)48-53(58)55-51(49-56)52(57)46-43-40-37-34-31-29-26-23-20-17-14-11-8-5-2/h9,12,15,18,21,24,28,30,33,36,50-52,56-57H,4-8,10-11,13-14,16-17,19-20,22-23,25-27,29,31-32,34-35,37-49H2,1-3H3,(H,55,58)/b12-9+,18-15+,24-21-,30-28+,36-33+. The molecule has 348 valence electrons. The van der Waals surface area contributed by atoms with Gasteiger partial charge in [-0.3, -0.25) is 9.59 Å². The Morgan fingerprint density at radius 3 is 1.40 bits per heavy atom. The molecule has 0 aliphatic carbocycles. The van der Waals surface area contributed by atoms with Crippen LogP contribution in [0.5, 0.6) is 0 Å². The second-order valence-corrected chi connectivity index (χ2v) is 17.3. The lowest BCUT2D eigenvalue weighted by Crippen LogP contribution is -2.46. The molecule has 0 aliphatic heterocycles. The van der Waals surface area contributed by atoms with Crippen molar-refractivity contribution in [1.82, 2.24) is 5.32 Å². The Kier molecular flexibility index (Phi) is 45.7. The largest absolute Gasteiger partial charge is 0.462 e. The molecule has 3 unspecified atom stereocenters. The van der Waals surface area contributed by atoms with Gasteiger partial charge in [0.05, 0.1) is 25.2 Å². The molecular weight excluding hydrogens is 743 g/mol. The summed E-state index contributed by atoms with van der Waals surface area (Å²) in [5.41, 5.74) is 0. The minimum atomic E-state index is -0.804. The first kappa shape index (κ1) is 57.6. The van der Waals surface area contributed by atoms with E-state index in [1.54, 1.807) is 0 Å². The lowest BCUT2D eigenvalue weighted by Gasteiger charge is -2.24. The lowest BCUT2D eigenvalue weighted by atomic mass is 10.0. The highest BCUT2D eigenvalue weighted by molar-refractivity contribution is 5.77. The summed E-state index contributed by atoms with van der Waals surface area (Å²) in [6.45, 7) is 6.33. The van der Waals surface area contributed by atoms with Gasteiger partial charge in [0.1, 0.15) is 6.10 Å². The Morgan fingerprint density at radius 1 is 0.500 bits per heavy atom. The fraction of sp³-hybridized carbons (Fsp3) is 0.778. The van der Waals surface area contributed by atoms with Crippen molar-refractivity contribution in [3.63, 3.8) is 0 Å². The zero-order valence-electron chi connectivity index (χ0n) is 39.6. The van der Waals surface area contributed by atoms with Crippen molar-refractivity contribution in [2.24, 2.45) is 0 Å². The molecular formula is C54H97NO5. The topological polar surface area (TPSA) is 95.9 Å². The molecule has 0 aromatic carbocycles. The molecule has 0 aliphatic rings. The van der Waals surface area contributed by atoms with Crippen LogP contribution in [0.4, 0.5) is 0 Å². The number of unbranched alkanes of at least 4 members (excludes halogenated alkanes) is 26. The third kappa shape index (κ3) is 42.3. The van der Waals surface area contributed by atoms with Crippen LogP contribution < -0.4 is 5.32 Å². The van der Waals surface area contributed by atoms with E-state index in [-0.39, 0.29) is 24.9 Å². The number of carbonyl (C=O) groups excluding carboxylic acids is 2. The summed E-state index contributed by atoms with van der Waals surface area (Å²) >= 11 is 0. The van der Waals surface area contributed by atoms with E-state index in [1.807, 2.05) is 0 Å². The highest BCUT2D eigenvalue weighted by Crippen LogP contribution is 2.17. The van der Waals surface area contributed by atoms with Gasteiger partial charge in [-0.1, -0.05) is 229 Å². The molecule has 3 N–H and O–H groups in total. The van der Waals surface area contributed by atoms with Crippen molar-refractivity contribution in [2.45, 2.75) is 264 Å². The van der Waals surface area contributed by atoms with Crippen molar-refractivity contribution < 1.29 is 24.5 Å². The van der Waals surface area contributed by atoms with Gasteiger partial charge in [-0.05, 0) is 64.2 Å². The SMILES string of the molecule is CC/C=C/C=C/C=C\CCCCCCCC(=O)OC(CCC/C=C/C=C/CCCCCCCCC)CC(=O)NC(CO)C(O)CCCCCCCCCCCCCCCC. The average molecular weight is 840 g/mol.